The van der Waals surface area contributed by atoms with Crippen LogP contribution in [-0.4, -0.2) is 69.4 Å². The number of carbonyl (C=O) groups is 1. The molecule has 1 saturated heterocycles. The van der Waals surface area contributed by atoms with E-state index >= 15 is 0 Å². The monoisotopic (exact) mass is 553 g/mol. The Kier molecular flexibility index (Phi) is 8.95. The van der Waals surface area contributed by atoms with Crippen LogP contribution in [-0.2, 0) is 19.4 Å². The number of halogens is 2. The minimum absolute atomic E-state index is 0.0530. The van der Waals surface area contributed by atoms with Crippen molar-refractivity contribution >= 4 is 54.0 Å². The zero-order chi connectivity index (χ0) is 25.7. The molecule has 7 nitrogen and oxygen atoms in total. The van der Waals surface area contributed by atoms with Crippen molar-refractivity contribution in [1.82, 2.24) is 9.88 Å². The number of aryl methyl sites for hydroxylation is 1. The van der Waals surface area contributed by atoms with E-state index in [1.807, 2.05) is 19.1 Å². The molecule has 1 aliphatic rings. The van der Waals surface area contributed by atoms with Gasteiger partial charge in [0, 0.05) is 37.6 Å². The van der Waals surface area contributed by atoms with Gasteiger partial charge in [0.15, 0.2) is 15.0 Å². The van der Waals surface area contributed by atoms with Gasteiger partial charge in [0.2, 0.25) is 5.91 Å². The Morgan fingerprint density at radius 2 is 1.92 bits per heavy atom. The molecular formula is C25H29ClFN3O4S2. The summed E-state index contributed by atoms with van der Waals surface area (Å²) in [6, 6.07) is 8.43. The molecule has 3 aromatic rings. The Morgan fingerprint density at radius 3 is 2.64 bits per heavy atom. The number of hydrogen-bond acceptors (Lipinski definition) is 7. The minimum atomic E-state index is -3.61. The largest absolute Gasteiger partial charge is 0.379 e. The lowest BCUT2D eigenvalue weighted by Gasteiger charge is -2.27. The highest BCUT2D eigenvalue weighted by Gasteiger charge is 2.22. The van der Waals surface area contributed by atoms with Gasteiger partial charge in [-0.25, -0.2) is 17.8 Å². The number of morpholine rings is 1. The standard InChI is InChI=1S/C25H29ClFN3O4S2/c1-18-16-19(26)17-22-24(18)28-25(35-22)30(10-3-9-29-11-13-34-14-12-29)23(31)4-2-15-36(32,33)21-7-5-20(27)6-8-21/h5-8,16-17H,2-4,9-15H2,1H3. The maximum atomic E-state index is 13.3. The Labute approximate surface area is 219 Å². The Balaban J connectivity index is 1.45. The van der Waals surface area contributed by atoms with E-state index in [1.54, 1.807) is 4.90 Å². The number of nitrogens with zero attached hydrogens (tertiary/aromatic N) is 3. The van der Waals surface area contributed by atoms with Gasteiger partial charge in [-0.15, -0.1) is 0 Å². The number of ether oxygens (including phenoxy) is 1. The topological polar surface area (TPSA) is 79.8 Å². The number of thiazole rings is 1. The van der Waals surface area contributed by atoms with E-state index in [2.05, 4.69) is 4.90 Å². The van der Waals surface area contributed by atoms with Gasteiger partial charge in [-0.2, -0.15) is 0 Å². The van der Waals surface area contributed by atoms with Gasteiger partial charge in [0.25, 0.3) is 0 Å². The molecule has 0 N–H and O–H groups in total. The Morgan fingerprint density at radius 1 is 1.19 bits per heavy atom. The highest BCUT2D eigenvalue weighted by atomic mass is 35.5. The maximum Gasteiger partial charge on any atom is 0.228 e. The van der Waals surface area contributed by atoms with Gasteiger partial charge in [0.05, 0.1) is 34.1 Å². The molecule has 0 spiro atoms. The molecule has 1 fully saturated rings. The van der Waals surface area contributed by atoms with E-state index in [0.717, 1.165) is 54.0 Å². The Hall–Kier alpha value is -2.11. The summed E-state index contributed by atoms with van der Waals surface area (Å²) in [5, 5.41) is 1.20. The van der Waals surface area contributed by atoms with E-state index in [9.17, 15) is 17.6 Å². The number of carbonyl (C=O) groups excluding carboxylic acids is 1. The molecular weight excluding hydrogens is 525 g/mol. The number of aromatic nitrogens is 1. The van der Waals surface area contributed by atoms with E-state index in [0.29, 0.717) is 29.9 Å². The lowest BCUT2D eigenvalue weighted by Crippen LogP contribution is -2.39. The van der Waals surface area contributed by atoms with Crippen LogP contribution in [0.5, 0.6) is 0 Å². The first-order valence-corrected chi connectivity index (χ1v) is 14.7. The number of hydrogen-bond donors (Lipinski definition) is 0. The van der Waals surface area contributed by atoms with Gasteiger partial charge in [0.1, 0.15) is 5.82 Å². The molecule has 0 radical (unpaired) electrons. The molecule has 11 heteroatoms. The molecule has 0 unspecified atom stereocenters. The van der Waals surface area contributed by atoms with Crippen LogP contribution < -0.4 is 4.90 Å². The van der Waals surface area contributed by atoms with Crippen molar-refractivity contribution in [3.63, 3.8) is 0 Å². The molecule has 4 rings (SSSR count). The van der Waals surface area contributed by atoms with Crippen LogP contribution in [0.25, 0.3) is 10.2 Å². The predicted molar refractivity (Wildman–Crippen MR) is 141 cm³/mol. The van der Waals surface area contributed by atoms with Gasteiger partial charge >= 0.3 is 0 Å². The average Bonchev–Trinajstić information content (AvgIpc) is 3.26. The predicted octanol–water partition coefficient (Wildman–Crippen LogP) is 4.71. The van der Waals surface area contributed by atoms with E-state index in [1.165, 1.54) is 23.5 Å². The second-order valence-corrected chi connectivity index (χ2v) is 12.3. The van der Waals surface area contributed by atoms with Crippen LogP contribution in [0.4, 0.5) is 9.52 Å². The normalized spacial score (nSPS) is 14.9. The smallest absolute Gasteiger partial charge is 0.228 e. The first kappa shape index (κ1) is 26.9. The van der Waals surface area contributed by atoms with Crippen LogP contribution in [0.2, 0.25) is 5.02 Å². The van der Waals surface area contributed by atoms with Crippen molar-refractivity contribution in [2.24, 2.45) is 0 Å². The molecule has 194 valence electrons. The molecule has 1 aromatic heterocycles. The summed E-state index contributed by atoms with van der Waals surface area (Å²) in [4.78, 5) is 22.1. The second-order valence-electron chi connectivity index (χ2n) is 8.80. The zero-order valence-corrected chi connectivity index (χ0v) is 22.5. The second kappa shape index (κ2) is 12.0. The number of rotatable bonds is 10. The molecule has 2 aromatic carbocycles. The Bertz CT molecular complexity index is 1310. The maximum absolute atomic E-state index is 13.3. The summed E-state index contributed by atoms with van der Waals surface area (Å²) < 4.78 is 44.7. The number of fused-ring (bicyclic) bond motifs is 1. The van der Waals surface area contributed by atoms with Crippen LogP contribution in [0.15, 0.2) is 41.3 Å². The summed E-state index contributed by atoms with van der Waals surface area (Å²) in [6.45, 7) is 6.41. The molecule has 0 aliphatic carbocycles. The van der Waals surface area contributed by atoms with Crippen molar-refractivity contribution in [1.29, 1.82) is 0 Å². The van der Waals surface area contributed by atoms with Crippen LogP contribution >= 0.6 is 22.9 Å². The molecule has 0 saturated carbocycles. The fraction of sp³-hybridized carbons (Fsp3) is 0.440. The van der Waals surface area contributed by atoms with Gasteiger partial charge < -0.3 is 4.74 Å². The van der Waals surface area contributed by atoms with Crippen molar-refractivity contribution in [3.05, 3.63) is 52.8 Å². The molecule has 1 aliphatic heterocycles. The third-order valence-electron chi connectivity index (χ3n) is 6.11. The molecule has 0 atom stereocenters. The third-order valence-corrected chi connectivity index (χ3v) is 9.17. The van der Waals surface area contributed by atoms with Crippen LogP contribution in [0, 0.1) is 12.7 Å². The van der Waals surface area contributed by atoms with Crippen LogP contribution in [0.1, 0.15) is 24.8 Å². The lowest BCUT2D eigenvalue weighted by atomic mass is 10.2. The minimum Gasteiger partial charge on any atom is -0.379 e. The average molecular weight is 554 g/mol. The molecule has 0 bridgehead atoms. The van der Waals surface area contributed by atoms with Crippen molar-refractivity contribution in [3.8, 4) is 0 Å². The highest BCUT2D eigenvalue weighted by molar-refractivity contribution is 7.91. The van der Waals surface area contributed by atoms with Gasteiger partial charge in [-0.05, 0) is 61.7 Å². The zero-order valence-electron chi connectivity index (χ0n) is 20.1. The van der Waals surface area contributed by atoms with Crippen LogP contribution in [0.3, 0.4) is 0 Å². The first-order valence-electron chi connectivity index (χ1n) is 11.9. The summed E-state index contributed by atoms with van der Waals surface area (Å²) in [5.41, 5.74) is 1.75. The van der Waals surface area contributed by atoms with Gasteiger partial charge in [-0.3, -0.25) is 14.6 Å². The summed E-state index contributed by atoms with van der Waals surface area (Å²) in [5.74, 6) is -0.862. The summed E-state index contributed by atoms with van der Waals surface area (Å²) in [6.07, 6.45) is 0.983. The first-order chi connectivity index (χ1) is 17.2. The quantitative estimate of drug-likeness (QED) is 0.338. The van der Waals surface area contributed by atoms with E-state index < -0.39 is 15.7 Å². The molecule has 1 amide bonds. The van der Waals surface area contributed by atoms with Gasteiger partial charge in [-0.1, -0.05) is 22.9 Å². The number of sulfone groups is 1. The van der Waals surface area contributed by atoms with Crippen molar-refractivity contribution in [2.75, 3.05) is 50.0 Å². The number of benzene rings is 2. The lowest BCUT2D eigenvalue weighted by molar-refractivity contribution is -0.118. The number of amides is 1. The van der Waals surface area contributed by atoms with Crippen molar-refractivity contribution in [2.45, 2.75) is 31.1 Å². The highest BCUT2D eigenvalue weighted by Crippen LogP contribution is 2.33. The summed E-state index contributed by atoms with van der Waals surface area (Å²) >= 11 is 7.63. The van der Waals surface area contributed by atoms with Crippen molar-refractivity contribution < 1.29 is 22.3 Å². The number of anilines is 1. The fourth-order valence-electron chi connectivity index (χ4n) is 4.17. The fourth-order valence-corrected chi connectivity index (χ4v) is 6.94. The van der Waals surface area contributed by atoms with E-state index in [-0.39, 0.29) is 29.4 Å². The molecule has 2 heterocycles. The third kappa shape index (κ3) is 6.80. The summed E-state index contributed by atoms with van der Waals surface area (Å²) in [7, 11) is -3.61. The van der Waals surface area contributed by atoms with E-state index in [4.69, 9.17) is 21.3 Å². The SMILES string of the molecule is Cc1cc(Cl)cc2sc(N(CCCN3CCOCC3)C(=O)CCCS(=O)(=O)c3ccc(F)cc3)nc12. The molecule has 36 heavy (non-hydrogen) atoms.